The maximum Gasteiger partial charge on any atom is 0.119 e. The normalized spacial score (nSPS) is 46.7. The van der Waals surface area contributed by atoms with E-state index in [9.17, 15) is 0 Å². The van der Waals surface area contributed by atoms with Crippen LogP contribution in [0.1, 0.15) is 32.1 Å². The van der Waals surface area contributed by atoms with E-state index in [-0.39, 0.29) is 0 Å². The number of hydrogen-bond donors (Lipinski definition) is 1. The third-order valence-corrected chi connectivity index (χ3v) is 6.09. The molecule has 3 nitrogen and oxygen atoms in total. The fourth-order valence-corrected chi connectivity index (χ4v) is 5.17. The fourth-order valence-electron chi connectivity index (χ4n) is 5.17. The van der Waals surface area contributed by atoms with Crippen molar-refractivity contribution in [3.8, 4) is 0 Å². The van der Waals surface area contributed by atoms with Crippen LogP contribution in [0.15, 0.2) is 48.6 Å². The Morgan fingerprint density at radius 2 is 1.68 bits per heavy atom. The van der Waals surface area contributed by atoms with Gasteiger partial charge in [-0.05, 0) is 32.1 Å². The molecule has 3 aliphatic carbocycles. The molecule has 5 rings (SSSR count). The van der Waals surface area contributed by atoms with Gasteiger partial charge in [0.2, 0.25) is 0 Å². The number of hydrogen-bond acceptors (Lipinski definition) is 3. The Kier molecular flexibility index (Phi) is 3.14. The predicted molar refractivity (Wildman–Crippen MR) is 89.2 cm³/mol. The molecule has 2 fully saturated rings. The van der Waals surface area contributed by atoms with Crippen LogP contribution in [0.5, 0.6) is 0 Å². The Balaban J connectivity index is 1.52. The van der Waals surface area contributed by atoms with Crippen molar-refractivity contribution < 1.29 is 0 Å². The van der Waals surface area contributed by atoms with Crippen LogP contribution in [-0.4, -0.2) is 46.3 Å². The van der Waals surface area contributed by atoms with Crippen LogP contribution >= 0.6 is 0 Å². The summed E-state index contributed by atoms with van der Waals surface area (Å²) in [6.07, 6.45) is 25.5. The van der Waals surface area contributed by atoms with E-state index in [0.717, 1.165) is 6.42 Å². The minimum atomic E-state index is 0.414. The molecule has 0 spiro atoms. The van der Waals surface area contributed by atoms with Crippen molar-refractivity contribution in [1.29, 1.82) is 0 Å². The Labute approximate surface area is 133 Å². The highest BCUT2D eigenvalue weighted by atomic mass is 15.6. The summed E-state index contributed by atoms with van der Waals surface area (Å²) in [7, 11) is 0. The fraction of sp³-hybridized carbons (Fsp3) is 0.579. The molecule has 1 N–H and O–H groups in total. The standard InChI is InChI=1S/C19H25N3/c1-2-8-14(9-3-1)21-17-12-6-7-13-18(17)22-16-11-5-4-10-15(16)20-19(21)22/h1-3,5,7-8,11,13-20H,4,6,9-10,12H2. The van der Waals surface area contributed by atoms with Crippen molar-refractivity contribution in [2.75, 3.05) is 0 Å². The summed E-state index contributed by atoms with van der Waals surface area (Å²) in [4.78, 5) is 5.53. The van der Waals surface area contributed by atoms with E-state index in [1.165, 1.54) is 25.7 Å². The molecule has 22 heavy (non-hydrogen) atoms. The highest BCUT2D eigenvalue weighted by Crippen LogP contribution is 2.42. The molecule has 2 heterocycles. The Morgan fingerprint density at radius 3 is 2.55 bits per heavy atom. The van der Waals surface area contributed by atoms with Crippen LogP contribution < -0.4 is 5.32 Å². The number of rotatable bonds is 1. The van der Waals surface area contributed by atoms with Crippen molar-refractivity contribution in [2.45, 2.75) is 68.6 Å². The van der Waals surface area contributed by atoms with Gasteiger partial charge in [-0.1, -0.05) is 48.6 Å². The molecule has 6 atom stereocenters. The molecule has 0 bridgehead atoms. The van der Waals surface area contributed by atoms with Crippen molar-refractivity contribution in [2.24, 2.45) is 0 Å². The van der Waals surface area contributed by atoms with Crippen LogP contribution in [0.4, 0.5) is 0 Å². The van der Waals surface area contributed by atoms with Gasteiger partial charge in [0, 0.05) is 30.2 Å². The first-order valence-corrected chi connectivity index (χ1v) is 8.91. The first-order valence-electron chi connectivity index (χ1n) is 8.91. The predicted octanol–water partition coefficient (Wildman–Crippen LogP) is 2.55. The summed E-state index contributed by atoms with van der Waals surface area (Å²) in [6, 6.07) is 3.03. The molecule has 0 aromatic heterocycles. The first-order chi connectivity index (χ1) is 10.9. The summed E-state index contributed by atoms with van der Waals surface area (Å²) in [6.45, 7) is 0. The van der Waals surface area contributed by atoms with Gasteiger partial charge in [-0.2, -0.15) is 0 Å². The van der Waals surface area contributed by atoms with E-state index in [0.29, 0.717) is 36.5 Å². The quantitative estimate of drug-likeness (QED) is 0.750. The molecular weight excluding hydrogens is 270 g/mol. The third kappa shape index (κ3) is 1.86. The first kappa shape index (κ1) is 13.3. The van der Waals surface area contributed by atoms with Crippen molar-refractivity contribution in [3.63, 3.8) is 0 Å². The van der Waals surface area contributed by atoms with E-state index in [1.807, 2.05) is 0 Å². The average Bonchev–Trinajstić information content (AvgIpc) is 3.10. The summed E-state index contributed by atoms with van der Waals surface area (Å²) in [5, 5.41) is 3.97. The molecular formula is C19H25N3. The van der Waals surface area contributed by atoms with E-state index < -0.39 is 0 Å². The smallest absolute Gasteiger partial charge is 0.119 e. The Hall–Kier alpha value is -1.16. The summed E-state index contributed by atoms with van der Waals surface area (Å²) < 4.78 is 0. The number of nitrogens with zero attached hydrogens (tertiary/aromatic N) is 2. The molecule has 0 amide bonds. The van der Waals surface area contributed by atoms with Gasteiger partial charge in [0.05, 0.1) is 0 Å². The second kappa shape index (κ2) is 5.19. The van der Waals surface area contributed by atoms with Gasteiger partial charge >= 0.3 is 0 Å². The van der Waals surface area contributed by atoms with Crippen molar-refractivity contribution in [1.82, 2.24) is 15.1 Å². The zero-order valence-corrected chi connectivity index (χ0v) is 13.0. The van der Waals surface area contributed by atoms with Crippen LogP contribution in [0.2, 0.25) is 0 Å². The minimum absolute atomic E-state index is 0.414. The highest BCUT2D eigenvalue weighted by molar-refractivity contribution is 5.24. The van der Waals surface area contributed by atoms with Gasteiger partial charge < -0.3 is 0 Å². The van der Waals surface area contributed by atoms with E-state index in [2.05, 4.69) is 63.7 Å². The van der Waals surface area contributed by atoms with Gasteiger partial charge in [-0.3, -0.25) is 15.1 Å². The molecule has 0 aromatic rings. The third-order valence-electron chi connectivity index (χ3n) is 6.09. The summed E-state index contributed by atoms with van der Waals surface area (Å²) in [5.74, 6) is 0. The van der Waals surface area contributed by atoms with Crippen LogP contribution in [0.3, 0.4) is 0 Å². The molecule has 6 unspecified atom stereocenters. The molecule has 2 saturated heterocycles. The zero-order valence-electron chi connectivity index (χ0n) is 13.0. The van der Waals surface area contributed by atoms with Gasteiger partial charge in [-0.15, -0.1) is 0 Å². The molecule has 0 radical (unpaired) electrons. The molecule has 0 saturated carbocycles. The van der Waals surface area contributed by atoms with Gasteiger partial charge in [0.1, 0.15) is 6.29 Å². The van der Waals surface area contributed by atoms with E-state index in [4.69, 9.17) is 0 Å². The van der Waals surface area contributed by atoms with Crippen LogP contribution in [-0.2, 0) is 0 Å². The van der Waals surface area contributed by atoms with Crippen LogP contribution in [0.25, 0.3) is 0 Å². The average molecular weight is 295 g/mol. The maximum absolute atomic E-state index is 3.97. The Morgan fingerprint density at radius 1 is 0.818 bits per heavy atom. The van der Waals surface area contributed by atoms with Crippen molar-refractivity contribution >= 4 is 0 Å². The number of allylic oxidation sites excluding steroid dienone is 4. The zero-order chi connectivity index (χ0) is 14.5. The Bertz CT molecular complexity index is 561. The monoisotopic (exact) mass is 295 g/mol. The SMILES string of the molecule is C1=CCC(N2C3CCC=CC3N3C4C=CCCC4NC32)C=C1. The van der Waals surface area contributed by atoms with Gasteiger partial charge in [0.15, 0.2) is 0 Å². The second-order valence-electron chi connectivity index (χ2n) is 7.22. The minimum Gasteiger partial charge on any atom is -0.285 e. The van der Waals surface area contributed by atoms with E-state index in [1.54, 1.807) is 0 Å². The van der Waals surface area contributed by atoms with Crippen molar-refractivity contribution in [3.05, 3.63) is 48.6 Å². The van der Waals surface area contributed by atoms with E-state index >= 15 is 0 Å². The lowest BCUT2D eigenvalue weighted by atomic mass is 9.91. The van der Waals surface area contributed by atoms with Gasteiger partial charge in [0.25, 0.3) is 0 Å². The second-order valence-corrected chi connectivity index (χ2v) is 7.22. The maximum atomic E-state index is 3.97. The van der Waals surface area contributed by atoms with Gasteiger partial charge in [-0.25, -0.2) is 0 Å². The number of nitrogens with one attached hydrogen (secondary N) is 1. The lowest BCUT2D eigenvalue weighted by Crippen LogP contribution is -2.52. The van der Waals surface area contributed by atoms with Crippen LogP contribution in [0, 0.1) is 0 Å². The highest BCUT2D eigenvalue weighted by Gasteiger charge is 2.55. The molecule has 5 aliphatic rings. The lowest BCUT2D eigenvalue weighted by molar-refractivity contribution is 0.0962. The summed E-state index contributed by atoms with van der Waals surface area (Å²) in [5.41, 5.74) is 0. The summed E-state index contributed by atoms with van der Waals surface area (Å²) >= 11 is 0. The molecule has 0 aromatic carbocycles. The topological polar surface area (TPSA) is 18.5 Å². The molecule has 3 heteroatoms. The lowest BCUT2D eigenvalue weighted by Gasteiger charge is -2.37. The number of fused-ring (bicyclic) bond motifs is 5. The largest absolute Gasteiger partial charge is 0.285 e. The molecule has 116 valence electrons. The molecule has 2 aliphatic heterocycles.